The van der Waals surface area contributed by atoms with Gasteiger partial charge < -0.3 is 19.0 Å². The molecule has 1 aromatic carbocycles. The standard InChI is InChI=1S/C21H18ClN3O3/c22-19-7-1-2-8-20(19)28-12-10-25-9-3-5-17(25)13-16(14-23)21(26)24-15-18-6-4-11-27-18/h1-9,11,13H,10,12,15H2,(H,24,26)/b16-13+. The van der Waals surface area contributed by atoms with Gasteiger partial charge in [0.25, 0.3) is 5.91 Å². The number of benzene rings is 1. The first-order valence-electron chi connectivity index (χ1n) is 8.62. The summed E-state index contributed by atoms with van der Waals surface area (Å²) in [5.41, 5.74) is 0.742. The number of nitrogens with zero attached hydrogens (tertiary/aromatic N) is 2. The number of ether oxygens (including phenoxy) is 1. The second-order valence-electron chi connectivity index (χ2n) is 5.84. The van der Waals surface area contributed by atoms with Crippen LogP contribution in [0.25, 0.3) is 6.08 Å². The molecule has 0 aliphatic heterocycles. The van der Waals surface area contributed by atoms with Crippen molar-refractivity contribution in [3.63, 3.8) is 0 Å². The van der Waals surface area contributed by atoms with Gasteiger partial charge in [-0.25, -0.2) is 0 Å². The van der Waals surface area contributed by atoms with Gasteiger partial charge in [-0.05, 0) is 42.5 Å². The Morgan fingerprint density at radius 3 is 2.86 bits per heavy atom. The molecule has 142 valence electrons. The number of nitrogens with one attached hydrogen (secondary N) is 1. The summed E-state index contributed by atoms with van der Waals surface area (Å²) in [5, 5.41) is 12.6. The van der Waals surface area contributed by atoms with E-state index in [1.54, 1.807) is 30.3 Å². The Morgan fingerprint density at radius 1 is 1.25 bits per heavy atom. The molecule has 3 aromatic rings. The van der Waals surface area contributed by atoms with Crippen LogP contribution in [0.4, 0.5) is 0 Å². The lowest BCUT2D eigenvalue weighted by molar-refractivity contribution is -0.117. The Hall–Kier alpha value is -3.43. The number of rotatable bonds is 8. The van der Waals surface area contributed by atoms with Crippen LogP contribution in [-0.2, 0) is 17.9 Å². The molecule has 0 spiro atoms. The normalized spacial score (nSPS) is 11.1. The van der Waals surface area contributed by atoms with Gasteiger partial charge in [0.15, 0.2) is 0 Å². The molecule has 0 saturated carbocycles. The molecule has 0 atom stereocenters. The molecule has 0 aliphatic carbocycles. The van der Waals surface area contributed by atoms with Crippen molar-refractivity contribution in [1.29, 1.82) is 5.26 Å². The molecule has 0 saturated heterocycles. The topological polar surface area (TPSA) is 80.2 Å². The van der Waals surface area contributed by atoms with Crippen LogP contribution in [0.1, 0.15) is 11.5 Å². The van der Waals surface area contributed by atoms with Crippen molar-refractivity contribution in [1.82, 2.24) is 9.88 Å². The van der Waals surface area contributed by atoms with E-state index in [-0.39, 0.29) is 12.1 Å². The Balaban J connectivity index is 1.61. The Bertz CT molecular complexity index is 1000. The summed E-state index contributed by atoms with van der Waals surface area (Å²) in [7, 11) is 0. The van der Waals surface area contributed by atoms with Crippen molar-refractivity contribution in [3.8, 4) is 11.8 Å². The van der Waals surface area contributed by atoms with E-state index >= 15 is 0 Å². The zero-order valence-electron chi connectivity index (χ0n) is 15.0. The number of carbonyl (C=O) groups excluding carboxylic acids is 1. The maximum absolute atomic E-state index is 12.3. The van der Waals surface area contributed by atoms with Crippen LogP contribution >= 0.6 is 11.6 Å². The summed E-state index contributed by atoms with van der Waals surface area (Å²) in [5.74, 6) is 0.771. The maximum Gasteiger partial charge on any atom is 0.262 e. The number of halogens is 1. The van der Waals surface area contributed by atoms with Crippen LogP contribution in [0.3, 0.4) is 0 Å². The molecule has 3 rings (SSSR count). The van der Waals surface area contributed by atoms with Gasteiger partial charge in [-0.15, -0.1) is 0 Å². The zero-order chi connectivity index (χ0) is 19.8. The Labute approximate surface area is 167 Å². The van der Waals surface area contributed by atoms with E-state index < -0.39 is 5.91 Å². The van der Waals surface area contributed by atoms with Gasteiger partial charge in [0.1, 0.15) is 29.8 Å². The summed E-state index contributed by atoms with van der Waals surface area (Å²) < 4.78 is 12.8. The van der Waals surface area contributed by atoms with E-state index in [1.165, 1.54) is 6.26 Å². The third kappa shape index (κ3) is 5.06. The monoisotopic (exact) mass is 395 g/mol. The number of nitriles is 1. The molecule has 1 amide bonds. The third-order valence-corrected chi connectivity index (χ3v) is 4.26. The highest BCUT2D eigenvalue weighted by Crippen LogP contribution is 2.23. The molecule has 2 aromatic heterocycles. The molecule has 0 aliphatic rings. The molecule has 0 unspecified atom stereocenters. The number of hydrogen-bond donors (Lipinski definition) is 1. The maximum atomic E-state index is 12.3. The second-order valence-corrected chi connectivity index (χ2v) is 6.24. The van der Waals surface area contributed by atoms with Crippen molar-refractivity contribution in [2.75, 3.05) is 6.61 Å². The summed E-state index contributed by atoms with van der Waals surface area (Å²) in [6.45, 7) is 1.15. The molecule has 6 nitrogen and oxygen atoms in total. The zero-order valence-corrected chi connectivity index (χ0v) is 15.7. The van der Waals surface area contributed by atoms with Gasteiger partial charge in [0.2, 0.25) is 0 Å². The average molecular weight is 396 g/mol. The first-order valence-corrected chi connectivity index (χ1v) is 9.00. The van der Waals surface area contributed by atoms with E-state index in [0.29, 0.717) is 29.7 Å². The van der Waals surface area contributed by atoms with E-state index in [1.807, 2.05) is 41.1 Å². The molecule has 1 N–H and O–H groups in total. The third-order valence-electron chi connectivity index (χ3n) is 3.95. The fourth-order valence-electron chi connectivity index (χ4n) is 2.55. The molecular weight excluding hydrogens is 378 g/mol. The smallest absolute Gasteiger partial charge is 0.262 e. The highest BCUT2D eigenvalue weighted by atomic mass is 35.5. The quantitative estimate of drug-likeness (QED) is 0.461. The predicted octanol–water partition coefficient (Wildman–Crippen LogP) is 4.04. The number of aromatic nitrogens is 1. The van der Waals surface area contributed by atoms with Crippen LogP contribution in [0.15, 0.2) is 71.0 Å². The average Bonchev–Trinajstić information content (AvgIpc) is 3.37. The van der Waals surface area contributed by atoms with Crippen molar-refractivity contribution in [2.24, 2.45) is 0 Å². The molecule has 2 heterocycles. The van der Waals surface area contributed by atoms with E-state index in [0.717, 1.165) is 5.69 Å². The summed E-state index contributed by atoms with van der Waals surface area (Å²) >= 11 is 6.08. The number of furan rings is 1. The minimum atomic E-state index is -0.459. The molecule has 0 fully saturated rings. The van der Waals surface area contributed by atoms with Crippen LogP contribution in [0, 0.1) is 11.3 Å². The van der Waals surface area contributed by atoms with Crippen LogP contribution in [0.2, 0.25) is 5.02 Å². The first kappa shape index (κ1) is 19.3. The van der Waals surface area contributed by atoms with Crippen molar-refractivity contribution >= 4 is 23.6 Å². The predicted molar refractivity (Wildman–Crippen MR) is 106 cm³/mol. The number of amides is 1. The number of para-hydroxylation sites is 1. The first-order chi connectivity index (χ1) is 13.7. The highest BCUT2D eigenvalue weighted by molar-refractivity contribution is 6.32. The lowest BCUT2D eigenvalue weighted by atomic mass is 10.2. The molecular formula is C21H18ClN3O3. The van der Waals surface area contributed by atoms with Crippen LogP contribution < -0.4 is 10.1 Å². The summed E-state index contributed by atoms with van der Waals surface area (Å²) in [6, 6.07) is 16.4. The lowest BCUT2D eigenvalue weighted by Gasteiger charge is -2.10. The van der Waals surface area contributed by atoms with Gasteiger partial charge in [-0.3, -0.25) is 4.79 Å². The minimum Gasteiger partial charge on any atom is -0.490 e. The summed E-state index contributed by atoms with van der Waals surface area (Å²) in [4.78, 5) is 12.3. The van der Waals surface area contributed by atoms with Gasteiger partial charge in [0.05, 0.1) is 24.4 Å². The molecule has 7 heteroatoms. The van der Waals surface area contributed by atoms with Crippen LogP contribution in [0.5, 0.6) is 5.75 Å². The molecule has 28 heavy (non-hydrogen) atoms. The Kier molecular flexibility index (Phi) is 6.55. The lowest BCUT2D eigenvalue weighted by Crippen LogP contribution is -2.23. The molecule has 0 bridgehead atoms. The van der Waals surface area contributed by atoms with Gasteiger partial charge >= 0.3 is 0 Å². The van der Waals surface area contributed by atoms with E-state index in [9.17, 15) is 10.1 Å². The minimum absolute atomic E-state index is 0.0125. The number of carbonyl (C=O) groups is 1. The summed E-state index contributed by atoms with van der Waals surface area (Å²) in [6.07, 6.45) is 4.94. The van der Waals surface area contributed by atoms with Crippen LogP contribution in [-0.4, -0.2) is 17.1 Å². The largest absolute Gasteiger partial charge is 0.490 e. The fraction of sp³-hybridized carbons (Fsp3) is 0.143. The van der Waals surface area contributed by atoms with Crippen molar-refractivity contribution in [3.05, 3.63) is 83.0 Å². The van der Waals surface area contributed by atoms with Crippen molar-refractivity contribution in [2.45, 2.75) is 13.1 Å². The van der Waals surface area contributed by atoms with Crippen molar-refractivity contribution < 1.29 is 13.9 Å². The number of hydrogen-bond acceptors (Lipinski definition) is 4. The second kappa shape index (κ2) is 9.49. The Morgan fingerprint density at radius 2 is 2.11 bits per heavy atom. The van der Waals surface area contributed by atoms with Gasteiger partial charge in [0, 0.05) is 11.9 Å². The van der Waals surface area contributed by atoms with E-state index in [4.69, 9.17) is 20.8 Å². The fourth-order valence-corrected chi connectivity index (χ4v) is 2.74. The van der Waals surface area contributed by atoms with Gasteiger partial charge in [-0.2, -0.15) is 5.26 Å². The SMILES string of the molecule is N#C/C(=C\c1cccn1CCOc1ccccc1Cl)C(=O)NCc1ccco1. The molecule has 0 radical (unpaired) electrons. The van der Waals surface area contributed by atoms with E-state index in [2.05, 4.69) is 5.32 Å². The highest BCUT2D eigenvalue weighted by Gasteiger charge is 2.11. The van der Waals surface area contributed by atoms with Gasteiger partial charge in [-0.1, -0.05) is 23.7 Å².